The van der Waals surface area contributed by atoms with E-state index in [0.717, 1.165) is 0 Å². The summed E-state index contributed by atoms with van der Waals surface area (Å²) in [5.74, 6) is -0.359. The van der Waals surface area contributed by atoms with Gasteiger partial charge < -0.3 is 10.9 Å². The Morgan fingerprint density at radius 3 is 2.32 bits per heavy atom. The number of nitrogens with one attached hydrogen (secondary N) is 2. The van der Waals surface area contributed by atoms with Crippen LogP contribution in [0.5, 0.6) is 0 Å². The fraction of sp³-hybridized carbons (Fsp3) is 0.875. The predicted molar refractivity (Wildman–Crippen MR) is 60.7 cm³/mol. The van der Waals surface area contributed by atoms with Crippen LogP contribution in [0.2, 0.25) is 0 Å². The van der Waals surface area contributed by atoms with Crippen molar-refractivity contribution in [1.82, 2.24) is 9.44 Å². The summed E-state index contributed by atoms with van der Waals surface area (Å²) in [6, 6.07) is 0. The molecule has 1 aliphatic rings. The highest BCUT2D eigenvalue weighted by Crippen LogP contribution is 2.30. The molecule has 0 saturated heterocycles. The third-order valence-corrected chi connectivity index (χ3v) is 4.03. The van der Waals surface area contributed by atoms with Gasteiger partial charge in [0.2, 0.25) is 0 Å². The fourth-order valence-corrected chi connectivity index (χ4v) is 3.20. The summed E-state index contributed by atoms with van der Waals surface area (Å²) in [4.78, 5) is 0. The average Bonchev–Trinajstić information content (AvgIpc) is 2.73. The Morgan fingerprint density at radius 1 is 1.37 bits per heavy atom. The van der Waals surface area contributed by atoms with Gasteiger partial charge in [-0.05, 0) is 12.8 Å². The molecule has 0 aliphatic heterocycles. The molecule has 1 fully saturated rings. The van der Waals surface area contributed by atoms with Crippen molar-refractivity contribution in [1.29, 1.82) is 0 Å². The average molecular weight is 304 g/mol. The highest BCUT2D eigenvalue weighted by atomic mass is 32.2. The quantitative estimate of drug-likeness (QED) is 0.248. The predicted octanol–water partition coefficient (Wildman–Crippen LogP) is 0.0319. The van der Waals surface area contributed by atoms with E-state index in [9.17, 15) is 21.6 Å². The van der Waals surface area contributed by atoms with Crippen LogP contribution in [-0.2, 0) is 10.2 Å². The zero-order chi connectivity index (χ0) is 14.7. The van der Waals surface area contributed by atoms with Gasteiger partial charge in [-0.15, -0.1) is 0 Å². The van der Waals surface area contributed by atoms with E-state index >= 15 is 0 Å². The summed E-state index contributed by atoms with van der Waals surface area (Å²) in [5, 5.41) is 11.4. The second-order valence-corrected chi connectivity index (χ2v) is 5.82. The lowest BCUT2D eigenvalue weighted by Gasteiger charge is -2.28. The first kappa shape index (κ1) is 16.0. The van der Waals surface area contributed by atoms with Crippen molar-refractivity contribution < 1.29 is 26.8 Å². The van der Waals surface area contributed by atoms with Gasteiger partial charge in [0.1, 0.15) is 6.54 Å². The summed E-state index contributed by atoms with van der Waals surface area (Å²) < 4.78 is 62.4. The first-order valence-electron chi connectivity index (χ1n) is 5.44. The molecule has 19 heavy (non-hydrogen) atoms. The second-order valence-electron chi connectivity index (χ2n) is 4.32. The van der Waals surface area contributed by atoms with Gasteiger partial charge in [-0.2, -0.15) is 31.0 Å². The molecule has 1 aliphatic carbocycles. The van der Waals surface area contributed by atoms with Crippen molar-refractivity contribution in [3.8, 4) is 0 Å². The number of alkyl halides is 3. The standard InChI is InChI=1S/C8H15F3N4O3S/c9-8(10,11)5-13-19(17,18)15-7(6(12)14-16)3-1-2-4-7/h13,15-16H,1-5H2,(H2,12,14). The van der Waals surface area contributed by atoms with Gasteiger partial charge in [0.05, 0.1) is 5.54 Å². The summed E-state index contributed by atoms with van der Waals surface area (Å²) >= 11 is 0. The SMILES string of the molecule is NC(=NO)C1(NS(=O)(=O)NCC(F)(F)F)CCCC1. The number of hydrogen-bond acceptors (Lipinski definition) is 4. The van der Waals surface area contributed by atoms with E-state index in [2.05, 4.69) is 5.16 Å². The molecule has 5 N–H and O–H groups in total. The molecule has 0 aromatic rings. The van der Waals surface area contributed by atoms with Gasteiger partial charge in [-0.1, -0.05) is 18.0 Å². The summed E-state index contributed by atoms with van der Waals surface area (Å²) in [6.45, 7) is -1.69. The number of rotatable bonds is 5. The van der Waals surface area contributed by atoms with Crippen molar-refractivity contribution in [3.63, 3.8) is 0 Å². The maximum absolute atomic E-state index is 12.0. The highest BCUT2D eigenvalue weighted by Gasteiger charge is 2.42. The Labute approximate surface area is 108 Å². The zero-order valence-corrected chi connectivity index (χ0v) is 10.7. The van der Waals surface area contributed by atoms with E-state index in [1.54, 1.807) is 0 Å². The Morgan fingerprint density at radius 2 is 1.89 bits per heavy atom. The molecule has 112 valence electrons. The first-order chi connectivity index (χ1) is 8.60. The van der Waals surface area contributed by atoms with Crippen LogP contribution in [0.15, 0.2) is 5.16 Å². The van der Waals surface area contributed by atoms with E-state index in [4.69, 9.17) is 10.9 Å². The molecular weight excluding hydrogens is 289 g/mol. The molecule has 0 aromatic heterocycles. The van der Waals surface area contributed by atoms with Crippen LogP contribution in [0.3, 0.4) is 0 Å². The van der Waals surface area contributed by atoms with Crippen LogP contribution in [0, 0.1) is 0 Å². The molecule has 0 atom stereocenters. The van der Waals surface area contributed by atoms with Crippen molar-refractivity contribution in [2.75, 3.05) is 6.54 Å². The van der Waals surface area contributed by atoms with Gasteiger partial charge >= 0.3 is 6.18 Å². The summed E-state index contributed by atoms with van der Waals surface area (Å²) in [7, 11) is -4.40. The number of hydrogen-bond donors (Lipinski definition) is 4. The normalized spacial score (nSPS) is 20.7. The monoisotopic (exact) mass is 304 g/mol. The molecule has 0 radical (unpaired) electrons. The topological polar surface area (TPSA) is 117 Å². The molecular formula is C8H15F3N4O3S. The van der Waals surface area contributed by atoms with Gasteiger partial charge in [-0.25, -0.2) is 0 Å². The molecule has 1 rings (SSSR count). The lowest BCUT2D eigenvalue weighted by molar-refractivity contribution is -0.121. The van der Waals surface area contributed by atoms with Gasteiger partial charge in [0.25, 0.3) is 10.2 Å². The number of halogens is 3. The maximum Gasteiger partial charge on any atom is 0.402 e. The van der Waals surface area contributed by atoms with E-state index in [1.807, 2.05) is 4.72 Å². The molecule has 0 heterocycles. The largest absolute Gasteiger partial charge is 0.409 e. The van der Waals surface area contributed by atoms with Crippen molar-refractivity contribution >= 4 is 16.0 Å². The highest BCUT2D eigenvalue weighted by molar-refractivity contribution is 7.87. The molecule has 7 nitrogen and oxygen atoms in total. The summed E-state index contributed by atoms with van der Waals surface area (Å²) in [5.41, 5.74) is 4.10. The number of oxime groups is 1. The molecule has 0 amide bonds. The van der Waals surface area contributed by atoms with Gasteiger partial charge in [0, 0.05) is 0 Å². The van der Waals surface area contributed by atoms with Crippen molar-refractivity contribution in [3.05, 3.63) is 0 Å². The zero-order valence-electron chi connectivity index (χ0n) is 9.87. The van der Waals surface area contributed by atoms with Crippen LogP contribution >= 0.6 is 0 Å². The van der Waals surface area contributed by atoms with Crippen LogP contribution < -0.4 is 15.2 Å². The second kappa shape index (κ2) is 5.51. The number of nitrogens with zero attached hydrogens (tertiary/aromatic N) is 1. The van der Waals surface area contributed by atoms with E-state index < -0.39 is 28.5 Å². The molecule has 0 aromatic carbocycles. The van der Waals surface area contributed by atoms with Crippen LogP contribution in [0.25, 0.3) is 0 Å². The lowest BCUT2D eigenvalue weighted by Crippen LogP contribution is -2.58. The Kier molecular flexibility index (Phi) is 4.63. The molecule has 0 bridgehead atoms. The third-order valence-electron chi connectivity index (χ3n) is 2.85. The maximum atomic E-state index is 12.0. The van der Waals surface area contributed by atoms with E-state index in [-0.39, 0.29) is 18.7 Å². The van der Waals surface area contributed by atoms with Crippen molar-refractivity contribution in [2.45, 2.75) is 37.4 Å². The van der Waals surface area contributed by atoms with Crippen LogP contribution in [0.1, 0.15) is 25.7 Å². The molecule has 1 saturated carbocycles. The minimum absolute atomic E-state index is 0.260. The third kappa shape index (κ3) is 4.51. The van der Waals surface area contributed by atoms with Gasteiger partial charge in [0.15, 0.2) is 5.84 Å². The Bertz CT molecular complexity index is 443. The molecule has 11 heteroatoms. The Hall–Kier alpha value is -1.07. The number of amidine groups is 1. The fourth-order valence-electron chi connectivity index (χ4n) is 1.95. The van der Waals surface area contributed by atoms with Crippen LogP contribution in [-0.4, -0.2) is 37.7 Å². The Balaban J connectivity index is 2.80. The van der Waals surface area contributed by atoms with Crippen LogP contribution in [0.4, 0.5) is 13.2 Å². The lowest BCUT2D eigenvalue weighted by atomic mass is 9.98. The smallest absolute Gasteiger partial charge is 0.402 e. The van der Waals surface area contributed by atoms with E-state index in [0.29, 0.717) is 12.8 Å². The minimum Gasteiger partial charge on any atom is -0.409 e. The molecule has 0 spiro atoms. The summed E-state index contributed by atoms with van der Waals surface area (Å²) in [6.07, 6.45) is -2.89. The van der Waals surface area contributed by atoms with Gasteiger partial charge in [-0.3, -0.25) is 0 Å². The van der Waals surface area contributed by atoms with E-state index in [1.165, 1.54) is 4.72 Å². The first-order valence-corrected chi connectivity index (χ1v) is 6.92. The minimum atomic E-state index is -4.66. The number of nitrogens with two attached hydrogens (primary N) is 1. The molecule has 0 unspecified atom stereocenters. The van der Waals surface area contributed by atoms with Crippen molar-refractivity contribution in [2.24, 2.45) is 10.9 Å².